The molecule has 18 heavy (non-hydrogen) atoms. The average molecular weight is 328 g/mol. The maximum atomic E-state index is 11.2. The van der Waals surface area contributed by atoms with Crippen molar-refractivity contribution in [2.75, 3.05) is 26.1 Å². The van der Waals surface area contributed by atoms with Crippen molar-refractivity contribution in [1.29, 1.82) is 0 Å². The Morgan fingerprint density at radius 1 is 1.50 bits per heavy atom. The minimum atomic E-state index is -0.180. The molecule has 1 aromatic carbocycles. The monoisotopic (exact) mass is 327 g/mol. The minimum absolute atomic E-state index is 0.180. The van der Waals surface area contributed by atoms with E-state index in [0.29, 0.717) is 6.54 Å². The molecule has 0 radical (unpaired) electrons. The fraction of sp³-hybridized carbons (Fsp3) is 0.308. The zero-order chi connectivity index (χ0) is 13.0. The predicted octanol–water partition coefficient (Wildman–Crippen LogP) is 2.97. The zero-order valence-electron chi connectivity index (χ0n) is 10.1. The van der Waals surface area contributed by atoms with Crippen molar-refractivity contribution in [2.45, 2.75) is 0 Å². The van der Waals surface area contributed by atoms with Gasteiger partial charge >= 0.3 is 5.97 Å². The summed E-state index contributed by atoms with van der Waals surface area (Å²) in [7, 11) is 1.42. The first kappa shape index (κ1) is 13.6. The van der Waals surface area contributed by atoms with Gasteiger partial charge < -0.3 is 4.74 Å². The quantitative estimate of drug-likeness (QED) is 0.798. The Balaban J connectivity index is 1.95. The Kier molecular flexibility index (Phi) is 4.86. The van der Waals surface area contributed by atoms with E-state index in [2.05, 4.69) is 43.8 Å². The maximum Gasteiger partial charge on any atom is 0.319 e. The van der Waals surface area contributed by atoms with Crippen molar-refractivity contribution in [3.05, 3.63) is 39.2 Å². The van der Waals surface area contributed by atoms with Crippen LogP contribution in [0.5, 0.6) is 0 Å². The van der Waals surface area contributed by atoms with Crippen LogP contribution in [0.15, 0.2) is 33.6 Å². The van der Waals surface area contributed by atoms with Crippen molar-refractivity contribution in [1.82, 2.24) is 4.90 Å². The standard InChI is InChI=1S/C13H14BrNO2S/c1-17-13(16)8-15-7-12(18-9-15)6-10-2-4-11(14)5-3-10/h2-6H,7-9H2,1H3. The highest BCUT2D eigenvalue weighted by molar-refractivity contribution is 9.10. The SMILES string of the molecule is COC(=O)CN1CSC(=Cc2ccc(Br)cc2)C1. The van der Waals surface area contributed by atoms with Crippen LogP contribution in [0.1, 0.15) is 5.56 Å². The van der Waals surface area contributed by atoms with Crippen molar-refractivity contribution >= 4 is 39.7 Å². The number of hydrogen-bond donors (Lipinski definition) is 0. The Morgan fingerprint density at radius 3 is 2.89 bits per heavy atom. The van der Waals surface area contributed by atoms with Gasteiger partial charge in [0.25, 0.3) is 0 Å². The van der Waals surface area contributed by atoms with Gasteiger partial charge in [0.05, 0.1) is 13.7 Å². The van der Waals surface area contributed by atoms with Gasteiger partial charge in [0.1, 0.15) is 0 Å². The molecule has 0 spiro atoms. The molecule has 3 nitrogen and oxygen atoms in total. The van der Waals surface area contributed by atoms with Crippen LogP contribution in [-0.4, -0.2) is 36.9 Å². The summed E-state index contributed by atoms with van der Waals surface area (Å²) in [5.74, 6) is 0.665. The van der Waals surface area contributed by atoms with E-state index in [0.717, 1.165) is 16.9 Å². The molecule has 2 rings (SSSR count). The van der Waals surface area contributed by atoms with Gasteiger partial charge in [-0.3, -0.25) is 9.69 Å². The molecule has 1 fully saturated rings. The number of ether oxygens (including phenoxy) is 1. The third-order valence-electron chi connectivity index (χ3n) is 2.59. The number of esters is 1. The third-order valence-corrected chi connectivity index (χ3v) is 4.23. The number of benzene rings is 1. The molecule has 0 unspecified atom stereocenters. The molecule has 0 bridgehead atoms. The number of hydrogen-bond acceptors (Lipinski definition) is 4. The van der Waals surface area contributed by atoms with Gasteiger partial charge in [-0.15, -0.1) is 11.8 Å². The molecule has 1 saturated heterocycles. The maximum absolute atomic E-state index is 11.2. The van der Waals surface area contributed by atoms with E-state index >= 15 is 0 Å². The Bertz CT molecular complexity index is 459. The van der Waals surface area contributed by atoms with E-state index in [4.69, 9.17) is 0 Å². The second kappa shape index (κ2) is 6.41. The Labute approximate surface area is 119 Å². The normalized spacial score (nSPS) is 18.2. The summed E-state index contributed by atoms with van der Waals surface area (Å²) >= 11 is 5.19. The molecule has 0 amide bonds. The number of halogens is 1. The predicted molar refractivity (Wildman–Crippen MR) is 78.2 cm³/mol. The van der Waals surface area contributed by atoms with Gasteiger partial charge in [-0.25, -0.2) is 0 Å². The first-order chi connectivity index (χ1) is 8.67. The molecular weight excluding hydrogens is 314 g/mol. The number of thioether (sulfide) groups is 1. The molecule has 96 valence electrons. The van der Waals surface area contributed by atoms with Crippen LogP contribution in [0.4, 0.5) is 0 Å². The van der Waals surface area contributed by atoms with Crippen LogP contribution in [0.2, 0.25) is 0 Å². The van der Waals surface area contributed by atoms with E-state index in [1.54, 1.807) is 11.8 Å². The average Bonchev–Trinajstić information content (AvgIpc) is 2.79. The van der Waals surface area contributed by atoms with Gasteiger partial charge in [0.2, 0.25) is 0 Å². The van der Waals surface area contributed by atoms with Crippen molar-refractivity contribution in [3.63, 3.8) is 0 Å². The lowest BCUT2D eigenvalue weighted by atomic mass is 10.2. The number of carbonyl (C=O) groups excluding carboxylic acids is 1. The second-order valence-corrected chi connectivity index (χ2v) is 5.99. The van der Waals surface area contributed by atoms with Gasteiger partial charge in [0, 0.05) is 21.8 Å². The van der Waals surface area contributed by atoms with Crippen LogP contribution in [0.25, 0.3) is 6.08 Å². The van der Waals surface area contributed by atoms with Crippen molar-refractivity contribution in [3.8, 4) is 0 Å². The number of nitrogens with zero attached hydrogens (tertiary/aromatic N) is 1. The Morgan fingerprint density at radius 2 is 2.22 bits per heavy atom. The fourth-order valence-electron chi connectivity index (χ4n) is 1.67. The molecule has 1 heterocycles. The minimum Gasteiger partial charge on any atom is -0.468 e. The summed E-state index contributed by atoms with van der Waals surface area (Å²) in [6, 6.07) is 8.19. The molecule has 1 aliphatic heterocycles. The van der Waals surface area contributed by atoms with Gasteiger partial charge in [0.15, 0.2) is 0 Å². The summed E-state index contributed by atoms with van der Waals surface area (Å²) < 4.78 is 5.74. The lowest BCUT2D eigenvalue weighted by molar-refractivity contribution is -0.141. The molecule has 1 aliphatic rings. The number of methoxy groups -OCH3 is 1. The third kappa shape index (κ3) is 3.86. The lowest BCUT2D eigenvalue weighted by Crippen LogP contribution is -2.27. The van der Waals surface area contributed by atoms with Crippen LogP contribution in [-0.2, 0) is 9.53 Å². The molecule has 0 aromatic heterocycles. The van der Waals surface area contributed by atoms with Crippen molar-refractivity contribution < 1.29 is 9.53 Å². The summed E-state index contributed by atoms with van der Waals surface area (Å²) in [5, 5.41) is 0. The van der Waals surface area contributed by atoms with Gasteiger partial charge in [-0.1, -0.05) is 28.1 Å². The van der Waals surface area contributed by atoms with Crippen LogP contribution in [0, 0.1) is 0 Å². The summed E-state index contributed by atoms with van der Waals surface area (Å²) in [6.07, 6.45) is 2.16. The van der Waals surface area contributed by atoms with Gasteiger partial charge in [-0.2, -0.15) is 0 Å². The van der Waals surface area contributed by atoms with E-state index in [1.807, 2.05) is 12.1 Å². The van der Waals surface area contributed by atoms with Crippen LogP contribution >= 0.6 is 27.7 Å². The number of carbonyl (C=O) groups is 1. The van der Waals surface area contributed by atoms with E-state index < -0.39 is 0 Å². The molecule has 1 aromatic rings. The van der Waals surface area contributed by atoms with Crippen LogP contribution < -0.4 is 0 Å². The molecule has 5 heteroatoms. The van der Waals surface area contributed by atoms with E-state index in [-0.39, 0.29) is 5.97 Å². The van der Waals surface area contributed by atoms with E-state index in [1.165, 1.54) is 17.6 Å². The Hall–Kier alpha value is -0.780. The highest BCUT2D eigenvalue weighted by atomic mass is 79.9. The molecular formula is C13H14BrNO2S. The topological polar surface area (TPSA) is 29.5 Å². The fourth-order valence-corrected chi connectivity index (χ4v) is 2.96. The highest BCUT2D eigenvalue weighted by Crippen LogP contribution is 2.28. The van der Waals surface area contributed by atoms with Crippen molar-refractivity contribution in [2.24, 2.45) is 0 Å². The first-order valence-corrected chi connectivity index (χ1v) is 7.33. The molecule has 0 saturated carbocycles. The van der Waals surface area contributed by atoms with E-state index in [9.17, 15) is 4.79 Å². The lowest BCUT2D eigenvalue weighted by Gasteiger charge is -2.10. The van der Waals surface area contributed by atoms with Gasteiger partial charge in [-0.05, 0) is 23.8 Å². The largest absolute Gasteiger partial charge is 0.468 e. The smallest absolute Gasteiger partial charge is 0.319 e. The zero-order valence-corrected chi connectivity index (χ0v) is 12.5. The molecule has 0 N–H and O–H groups in total. The molecule has 0 aliphatic carbocycles. The summed E-state index contributed by atoms with van der Waals surface area (Å²) in [5.41, 5.74) is 1.18. The van der Waals surface area contributed by atoms with Crippen LogP contribution in [0.3, 0.4) is 0 Å². The molecule has 0 atom stereocenters. The second-order valence-electron chi connectivity index (χ2n) is 4.00. The summed E-state index contributed by atoms with van der Waals surface area (Å²) in [4.78, 5) is 14.5. The number of rotatable bonds is 3. The summed E-state index contributed by atoms with van der Waals surface area (Å²) in [6.45, 7) is 1.18. The first-order valence-electron chi connectivity index (χ1n) is 5.55. The highest BCUT2D eigenvalue weighted by Gasteiger charge is 2.19.